The first-order chi connectivity index (χ1) is 22.2. The molecule has 2 heterocycles. The topological polar surface area (TPSA) is 139 Å². The number of ether oxygens (including phenoxy) is 1. The fourth-order valence-electron chi connectivity index (χ4n) is 6.58. The summed E-state index contributed by atoms with van der Waals surface area (Å²) in [5, 5.41) is 15.4. The zero-order valence-corrected chi connectivity index (χ0v) is 26.0. The van der Waals surface area contributed by atoms with Crippen LogP contribution in [0.25, 0.3) is 0 Å². The monoisotopic (exact) mass is 623 g/mol. The Balaban J connectivity index is 1.55. The van der Waals surface area contributed by atoms with Crippen LogP contribution < -0.4 is 5.73 Å². The van der Waals surface area contributed by atoms with Gasteiger partial charge in [0.05, 0.1) is 29.7 Å². The molecule has 1 fully saturated rings. The first kappa shape index (κ1) is 32.4. The number of hydrogen-bond donors (Lipinski definition) is 1. The highest BCUT2D eigenvalue weighted by molar-refractivity contribution is 6.00. The number of carbonyl (C=O) groups is 3. The van der Waals surface area contributed by atoms with E-state index in [9.17, 15) is 24.5 Å². The lowest BCUT2D eigenvalue weighted by molar-refractivity contribution is -0.384. The third-order valence-corrected chi connectivity index (χ3v) is 8.65. The molecular formula is C35H37N5O6. The Kier molecular flexibility index (Phi) is 9.86. The van der Waals surface area contributed by atoms with Crippen molar-refractivity contribution in [3.8, 4) is 0 Å². The lowest BCUT2D eigenvalue weighted by atomic mass is 9.86. The predicted octanol–water partition coefficient (Wildman–Crippen LogP) is 4.13. The van der Waals surface area contributed by atoms with Crippen molar-refractivity contribution in [2.24, 2.45) is 5.73 Å². The summed E-state index contributed by atoms with van der Waals surface area (Å²) in [5.74, 6) is -1.56. The number of hydrogen-bond acceptors (Lipinski definition) is 10. The Bertz CT molecular complexity index is 1640. The molecule has 0 saturated carbocycles. The number of piperazine rings is 1. The molecule has 5 rings (SSSR count). The van der Waals surface area contributed by atoms with Gasteiger partial charge in [0.25, 0.3) is 5.69 Å². The molecule has 0 spiro atoms. The quantitative estimate of drug-likeness (QED) is 0.115. The summed E-state index contributed by atoms with van der Waals surface area (Å²) in [6, 6.07) is 23.6. The number of allylic oxidation sites excluding steroid dienone is 3. The molecule has 238 valence electrons. The molecule has 2 N–H and O–H groups in total. The van der Waals surface area contributed by atoms with E-state index < -0.39 is 34.7 Å². The van der Waals surface area contributed by atoms with Gasteiger partial charge < -0.3 is 15.3 Å². The minimum Gasteiger partial charge on any atom is -0.466 e. The highest BCUT2D eigenvalue weighted by atomic mass is 16.6. The van der Waals surface area contributed by atoms with Gasteiger partial charge in [-0.1, -0.05) is 78.9 Å². The largest absolute Gasteiger partial charge is 0.466 e. The second-order valence-corrected chi connectivity index (χ2v) is 11.4. The molecule has 11 nitrogen and oxygen atoms in total. The van der Waals surface area contributed by atoms with Crippen LogP contribution >= 0.6 is 0 Å². The van der Waals surface area contributed by atoms with Crippen LogP contribution in [0.4, 0.5) is 5.69 Å². The highest BCUT2D eigenvalue weighted by Crippen LogP contribution is 2.40. The van der Waals surface area contributed by atoms with Crippen molar-refractivity contribution in [2.75, 3.05) is 26.7 Å². The summed E-state index contributed by atoms with van der Waals surface area (Å²) >= 11 is 0. The first-order valence-corrected chi connectivity index (χ1v) is 15.0. The average Bonchev–Trinajstić information content (AvgIpc) is 3.08. The van der Waals surface area contributed by atoms with Crippen molar-refractivity contribution in [3.05, 3.63) is 135 Å². The molecule has 11 heteroatoms. The maximum atomic E-state index is 13.8. The predicted molar refractivity (Wildman–Crippen MR) is 172 cm³/mol. The number of aldehydes is 1. The fourth-order valence-corrected chi connectivity index (χ4v) is 6.58. The van der Waals surface area contributed by atoms with E-state index in [4.69, 9.17) is 10.5 Å². The van der Waals surface area contributed by atoms with E-state index in [-0.39, 0.29) is 18.3 Å². The number of hydrazine groups is 1. The third kappa shape index (κ3) is 6.38. The van der Waals surface area contributed by atoms with Gasteiger partial charge >= 0.3 is 5.97 Å². The third-order valence-electron chi connectivity index (χ3n) is 8.65. The normalized spacial score (nSPS) is 19.8. The molecule has 46 heavy (non-hydrogen) atoms. The molecule has 2 aliphatic rings. The van der Waals surface area contributed by atoms with Gasteiger partial charge in [0.15, 0.2) is 5.78 Å². The number of nitrogens with zero attached hydrogens (tertiary/aromatic N) is 4. The summed E-state index contributed by atoms with van der Waals surface area (Å²) in [5.41, 5.74) is 10.2. The van der Waals surface area contributed by atoms with Crippen LogP contribution in [0.2, 0.25) is 0 Å². The van der Waals surface area contributed by atoms with Gasteiger partial charge in [0.1, 0.15) is 12.3 Å². The fraction of sp³-hybridized carbons (Fsp3) is 0.286. The minimum absolute atomic E-state index is 0.0803. The average molecular weight is 624 g/mol. The van der Waals surface area contributed by atoms with Gasteiger partial charge in [-0.3, -0.25) is 24.8 Å². The van der Waals surface area contributed by atoms with Crippen LogP contribution in [0.15, 0.2) is 108 Å². The van der Waals surface area contributed by atoms with Gasteiger partial charge in [-0.2, -0.15) is 0 Å². The summed E-state index contributed by atoms with van der Waals surface area (Å²) in [6.07, 6.45) is 2.34. The highest BCUT2D eigenvalue weighted by Gasteiger charge is 2.42. The molecule has 0 amide bonds. The second kappa shape index (κ2) is 14.0. The minimum atomic E-state index is -1.31. The maximum absolute atomic E-state index is 13.8. The molecule has 2 aliphatic heterocycles. The number of nitrogens with two attached hydrogens (primary N) is 1. The van der Waals surface area contributed by atoms with Gasteiger partial charge in [-0.15, -0.1) is 0 Å². The number of esters is 1. The van der Waals surface area contributed by atoms with Crippen molar-refractivity contribution in [3.63, 3.8) is 0 Å². The molecule has 0 radical (unpaired) electrons. The number of methoxy groups -OCH3 is 1. The lowest BCUT2D eigenvalue weighted by Gasteiger charge is -2.50. The van der Waals surface area contributed by atoms with Gasteiger partial charge in [0, 0.05) is 49.1 Å². The second-order valence-electron chi connectivity index (χ2n) is 11.4. The van der Waals surface area contributed by atoms with E-state index in [0.29, 0.717) is 36.2 Å². The van der Waals surface area contributed by atoms with Gasteiger partial charge in [0.2, 0.25) is 0 Å². The zero-order chi connectivity index (χ0) is 33.0. The van der Waals surface area contributed by atoms with E-state index in [0.717, 1.165) is 16.8 Å². The molecule has 3 unspecified atom stereocenters. The van der Waals surface area contributed by atoms with E-state index in [1.165, 1.54) is 19.2 Å². The van der Waals surface area contributed by atoms with E-state index in [1.807, 2.05) is 83.7 Å². The van der Waals surface area contributed by atoms with Crippen molar-refractivity contribution in [2.45, 2.75) is 37.9 Å². The van der Waals surface area contributed by atoms with Crippen molar-refractivity contribution < 1.29 is 24.0 Å². The number of carbonyl (C=O) groups excluding carboxylic acids is 3. The smallest absolute Gasteiger partial charge is 0.336 e. The van der Waals surface area contributed by atoms with E-state index in [1.54, 1.807) is 19.1 Å². The van der Waals surface area contributed by atoms with Crippen molar-refractivity contribution >= 4 is 23.7 Å². The standard InChI is InChI=1S/C35H37N5O6/c1-23-19-29(27-15-10-16-28(20-27)40(44)45)32(35(43)46-3)24(2)39(23)37-17-18-38(31(21-37)34(42)30(36)22-41)33(25-11-6-4-7-12-25)26-13-8-5-9-14-26/h4-16,19-20,22,29-31,33H,17-18,21,36H2,1-3H3. The summed E-state index contributed by atoms with van der Waals surface area (Å²) in [6.45, 7) is 4.79. The van der Waals surface area contributed by atoms with Crippen molar-refractivity contribution in [1.29, 1.82) is 0 Å². The molecular weight excluding hydrogens is 586 g/mol. The van der Waals surface area contributed by atoms with Crippen LogP contribution in [0.3, 0.4) is 0 Å². The maximum Gasteiger partial charge on any atom is 0.336 e. The van der Waals surface area contributed by atoms with Crippen LogP contribution in [0.5, 0.6) is 0 Å². The lowest BCUT2D eigenvalue weighted by Crippen LogP contribution is -2.63. The number of Topliss-reactive ketones (excluding diaryl/α,β-unsaturated/α-hetero) is 1. The van der Waals surface area contributed by atoms with E-state index >= 15 is 0 Å². The van der Waals surface area contributed by atoms with Crippen molar-refractivity contribution in [1.82, 2.24) is 14.9 Å². The van der Waals surface area contributed by atoms with Gasteiger partial charge in [-0.05, 0) is 30.5 Å². The SMILES string of the molecule is COC(=O)C1=C(C)N(N2CCN(C(c3ccccc3)c3ccccc3)C(C(=O)C(N)C=O)C2)C(C)=CC1c1cccc([N+](=O)[O-])c1. The number of rotatable bonds is 10. The first-order valence-electron chi connectivity index (χ1n) is 15.0. The molecule has 3 atom stereocenters. The summed E-state index contributed by atoms with van der Waals surface area (Å²) < 4.78 is 5.19. The number of nitro groups is 1. The van der Waals surface area contributed by atoms with Gasteiger partial charge in [-0.25, -0.2) is 9.80 Å². The molecule has 3 aromatic rings. The molecule has 0 aromatic heterocycles. The number of nitro benzene ring substituents is 1. The Morgan fingerprint density at radius 1 is 0.978 bits per heavy atom. The number of ketones is 1. The molecule has 0 bridgehead atoms. The van der Waals surface area contributed by atoms with E-state index in [2.05, 4.69) is 4.90 Å². The molecule has 0 aliphatic carbocycles. The summed E-state index contributed by atoms with van der Waals surface area (Å²) in [4.78, 5) is 52.0. The zero-order valence-electron chi connectivity index (χ0n) is 26.0. The van der Waals surface area contributed by atoms with Crippen LogP contribution in [0, 0.1) is 10.1 Å². The number of non-ortho nitro benzene ring substituents is 1. The Morgan fingerprint density at radius 3 is 2.17 bits per heavy atom. The van der Waals surface area contributed by atoms with Crippen LogP contribution in [-0.2, 0) is 19.1 Å². The van der Waals surface area contributed by atoms with Crippen LogP contribution in [0.1, 0.15) is 42.5 Å². The Hall–Kier alpha value is -4.97. The Labute approximate surface area is 267 Å². The molecule has 3 aromatic carbocycles. The number of benzene rings is 3. The Morgan fingerprint density at radius 2 is 1.61 bits per heavy atom. The molecule has 1 saturated heterocycles. The van der Waals surface area contributed by atoms with Crippen LogP contribution in [-0.4, -0.2) is 76.7 Å². The summed E-state index contributed by atoms with van der Waals surface area (Å²) in [7, 11) is 1.30.